The van der Waals surface area contributed by atoms with E-state index < -0.39 is 0 Å². The summed E-state index contributed by atoms with van der Waals surface area (Å²) in [6, 6.07) is 8.00. The first-order valence-corrected chi connectivity index (χ1v) is 4.26. The molecule has 13 heavy (non-hydrogen) atoms. The standard InChI is InChI=1S/C10H13N3/c1-9-5-3-6-10(12-9)13(2)8-4-7-11/h3,5-6H,4,8H2,1-2H3. The van der Waals surface area contributed by atoms with E-state index in [9.17, 15) is 0 Å². The van der Waals surface area contributed by atoms with Gasteiger partial charge in [-0.1, -0.05) is 6.07 Å². The molecule has 0 fully saturated rings. The summed E-state index contributed by atoms with van der Waals surface area (Å²) in [6.45, 7) is 2.69. The molecule has 0 spiro atoms. The van der Waals surface area contributed by atoms with Crippen LogP contribution in [0.5, 0.6) is 0 Å². The van der Waals surface area contributed by atoms with Crippen LogP contribution in [0.1, 0.15) is 12.1 Å². The minimum absolute atomic E-state index is 0.534. The van der Waals surface area contributed by atoms with Gasteiger partial charge in [-0.2, -0.15) is 5.26 Å². The number of hydrogen-bond acceptors (Lipinski definition) is 3. The Morgan fingerprint density at radius 1 is 1.54 bits per heavy atom. The highest BCUT2D eigenvalue weighted by atomic mass is 15.2. The lowest BCUT2D eigenvalue weighted by Crippen LogP contribution is -2.19. The second-order valence-electron chi connectivity index (χ2n) is 2.97. The predicted molar refractivity (Wildman–Crippen MR) is 52.5 cm³/mol. The number of nitrogens with zero attached hydrogens (tertiary/aromatic N) is 3. The van der Waals surface area contributed by atoms with Crippen molar-refractivity contribution >= 4 is 5.82 Å². The molecule has 0 N–H and O–H groups in total. The van der Waals surface area contributed by atoms with Crippen LogP contribution in [0.4, 0.5) is 5.82 Å². The van der Waals surface area contributed by atoms with E-state index >= 15 is 0 Å². The molecule has 68 valence electrons. The fraction of sp³-hybridized carbons (Fsp3) is 0.400. The van der Waals surface area contributed by atoms with Gasteiger partial charge >= 0.3 is 0 Å². The van der Waals surface area contributed by atoms with E-state index in [0.717, 1.165) is 18.1 Å². The molecule has 0 aliphatic rings. The maximum absolute atomic E-state index is 8.42. The molecule has 0 saturated heterocycles. The minimum Gasteiger partial charge on any atom is -0.359 e. The number of pyridine rings is 1. The van der Waals surface area contributed by atoms with Crippen molar-refractivity contribution in [3.05, 3.63) is 23.9 Å². The SMILES string of the molecule is Cc1cccc(N(C)CCC#N)n1. The number of aryl methyl sites for hydroxylation is 1. The highest BCUT2D eigenvalue weighted by Crippen LogP contribution is 2.08. The Morgan fingerprint density at radius 3 is 2.92 bits per heavy atom. The molecule has 1 aromatic rings. The van der Waals surface area contributed by atoms with Gasteiger partial charge in [0.05, 0.1) is 12.5 Å². The van der Waals surface area contributed by atoms with Crippen LogP contribution in [0.25, 0.3) is 0 Å². The molecule has 0 unspecified atom stereocenters. The van der Waals surface area contributed by atoms with Crippen LogP contribution >= 0.6 is 0 Å². The zero-order valence-electron chi connectivity index (χ0n) is 7.99. The number of aromatic nitrogens is 1. The molecule has 1 rings (SSSR count). The summed E-state index contributed by atoms with van der Waals surface area (Å²) in [6.07, 6.45) is 0.534. The molecule has 0 atom stereocenters. The van der Waals surface area contributed by atoms with Crippen molar-refractivity contribution < 1.29 is 0 Å². The molecule has 0 saturated carbocycles. The van der Waals surface area contributed by atoms with Gasteiger partial charge in [-0.3, -0.25) is 0 Å². The lowest BCUT2D eigenvalue weighted by molar-refractivity contribution is 0.880. The van der Waals surface area contributed by atoms with E-state index in [1.165, 1.54) is 0 Å². The first kappa shape index (κ1) is 9.53. The van der Waals surface area contributed by atoms with Gasteiger partial charge in [0, 0.05) is 19.3 Å². The first-order chi connectivity index (χ1) is 6.24. The van der Waals surface area contributed by atoms with E-state index in [1.807, 2.05) is 37.1 Å². The Balaban J connectivity index is 2.66. The average molecular weight is 175 g/mol. The maximum atomic E-state index is 8.42. The number of anilines is 1. The highest BCUT2D eigenvalue weighted by Gasteiger charge is 2.00. The van der Waals surface area contributed by atoms with Crippen molar-refractivity contribution in [3.8, 4) is 6.07 Å². The van der Waals surface area contributed by atoms with Gasteiger partial charge in [0.25, 0.3) is 0 Å². The molecule has 0 aromatic carbocycles. The van der Waals surface area contributed by atoms with Gasteiger partial charge in [-0.25, -0.2) is 4.98 Å². The summed E-state index contributed by atoms with van der Waals surface area (Å²) in [4.78, 5) is 6.32. The van der Waals surface area contributed by atoms with Crippen LogP contribution in [0.15, 0.2) is 18.2 Å². The predicted octanol–water partition coefficient (Wildman–Crippen LogP) is 1.74. The van der Waals surface area contributed by atoms with Crippen LogP contribution in [-0.2, 0) is 0 Å². The topological polar surface area (TPSA) is 39.9 Å². The van der Waals surface area contributed by atoms with Crippen LogP contribution in [-0.4, -0.2) is 18.6 Å². The molecule has 0 bridgehead atoms. The summed E-state index contributed by atoms with van der Waals surface area (Å²) in [7, 11) is 1.94. The summed E-state index contributed by atoms with van der Waals surface area (Å²) < 4.78 is 0. The normalized spacial score (nSPS) is 9.31. The van der Waals surface area contributed by atoms with E-state index in [-0.39, 0.29) is 0 Å². The van der Waals surface area contributed by atoms with Crippen LogP contribution in [0, 0.1) is 18.3 Å². The van der Waals surface area contributed by atoms with Crippen molar-refractivity contribution in [2.75, 3.05) is 18.5 Å². The lowest BCUT2D eigenvalue weighted by atomic mass is 10.3. The van der Waals surface area contributed by atoms with Gasteiger partial charge in [-0.15, -0.1) is 0 Å². The van der Waals surface area contributed by atoms with Crippen molar-refractivity contribution in [1.29, 1.82) is 5.26 Å². The molecule has 3 nitrogen and oxygen atoms in total. The number of nitriles is 1. The van der Waals surface area contributed by atoms with E-state index in [2.05, 4.69) is 11.1 Å². The van der Waals surface area contributed by atoms with E-state index in [1.54, 1.807) is 0 Å². The molecule has 0 aliphatic heterocycles. The van der Waals surface area contributed by atoms with Gasteiger partial charge < -0.3 is 4.90 Å². The van der Waals surface area contributed by atoms with Gasteiger partial charge in [0.2, 0.25) is 0 Å². The minimum atomic E-state index is 0.534. The Labute approximate surface area is 78.6 Å². The third kappa shape index (κ3) is 2.75. The van der Waals surface area contributed by atoms with Crippen LogP contribution in [0.2, 0.25) is 0 Å². The fourth-order valence-corrected chi connectivity index (χ4v) is 1.07. The van der Waals surface area contributed by atoms with Gasteiger partial charge in [-0.05, 0) is 19.1 Å². The summed E-state index contributed by atoms with van der Waals surface area (Å²) in [5, 5.41) is 8.42. The number of rotatable bonds is 3. The Hall–Kier alpha value is -1.56. The smallest absolute Gasteiger partial charge is 0.128 e. The molecule has 0 aliphatic carbocycles. The average Bonchev–Trinajstić information content (AvgIpc) is 2.14. The Morgan fingerprint density at radius 2 is 2.31 bits per heavy atom. The monoisotopic (exact) mass is 175 g/mol. The van der Waals surface area contributed by atoms with Crippen LogP contribution < -0.4 is 4.90 Å². The second kappa shape index (κ2) is 4.46. The molecule has 1 heterocycles. The first-order valence-electron chi connectivity index (χ1n) is 4.26. The largest absolute Gasteiger partial charge is 0.359 e. The zero-order valence-corrected chi connectivity index (χ0v) is 7.99. The maximum Gasteiger partial charge on any atom is 0.128 e. The second-order valence-corrected chi connectivity index (χ2v) is 2.97. The van der Waals surface area contributed by atoms with E-state index in [0.29, 0.717) is 6.42 Å². The Kier molecular flexibility index (Phi) is 3.27. The molecular weight excluding hydrogens is 162 g/mol. The van der Waals surface area contributed by atoms with Crippen molar-refractivity contribution in [1.82, 2.24) is 4.98 Å². The summed E-state index contributed by atoms with van der Waals surface area (Å²) >= 11 is 0. The third-order valence-electron chi connectivity index (χ3n) is 1.82. The highest BCUT2D eigenvalue weighted by molar-refractivity contribution is 5.37. The van der Waals surface area contributed by atoms with Gasteiger partial charge in [0.15, 0.2) is 0 Å². The zero-order chi connectivity index (χ0) is 9.68. The van der Waals surface area contributed by atoms with E-state index in [4.69, 9.17) is 5.26 Å². The molecular formula is C10H13N3. The quantitative estimate of drug-likeness (QED) is 0.702. The van der Waals surface area contributed by atoms with Crippen molar-refractivity contribution in [3.63, 3.8) is 0 Å². The fourth-order valence-electron chi connectivity index (χ4n) is 1.07. The Bertz CT molecular complexity index is 314. The van der Waals surface area contributed by atoms with Crippen molar-refractivity contribution in [2.24, 2.45) is 0 Å². The summed E-state index contributed by atoms with van der Waals surface area (Å²) in [5.74, 6) is 0.926. The summed E-state index contributed by atoms with van der Waals surface area (Å²) in [5.41, 5.74) is 1.00. The molecule has 0 amide bonds. The molecule has 0 radical (unpaired) electrons. The van der Waals surface area contributed by atoms with Gasteiger partial charge in [0.1, 0.15) is 5.82 Å². The molecule has 1 aromatic heterocycles. The third-order valence-corrected chi connectivity index (χ3v) is 1.82. The van der Waals surface area contributed by atoms with Crippen LogP contribution in [0.3, 0.4) is 0 Å². The van der Waals surface area contributed by atoms with Crippen molar-refractivity contribution in [2.45, 2.75) is 13.3 Å². The number of hydrogen-bond donors (Lipinski definition) is 0. The molecule has 3 heteroatoms. The lowest BCUT2D eigenvalue weighted by Gasteiger charge is -2.16.